The Labute approximate surface area is 153 Å². The Morgan fingerprint density at radius 2 is 1.92 bits per heavy atom. The summed E-state index contributed by atoms with van der Waals surface area (Å²) in [5, 5.41) is 0.431. The molecule has 2 aromatic carbocycles. The number of sulfonamides is 1. The lowest BCUT2D eigenvalue weighted by molar-refractivity contribution is 0.121. The van der Waals surface area contributed by atoms with Gasteiger partial charge in [0.05, 0.1) is 11.0 Å². The lowest BCUT2D eigenvalue weighted by atomic mass is 10.2. The van der Waals surface area contributed by atoms with Crippen molar-refractivity contribution in [1.82, 2.24) is 0 Å². The average molecular weight is 381 g/mol. The number of aryl methyl sites for hydroxylation is 1. The highest BCUT2D eigenvalue weighted by atomic mass is 35.5. The van der Waals surface area contributed by atoms with Crippen molar-refractivity contribution in [3.63, 3.8) is 0 Å². The predicted octanol–water partition coefficient (Wildman–Crippen LogP) is 3.67. The highest BCUT2D eigenvalue weighted by Crippen LogP contribution is 2.25. The van der Waals surface area contributed by atoms with Crippen LogP contribution in [0.4, 0.5) is 11.4 Å². The summed E-state index contributed by atoms with van der Waals surface area (Å²) >= 11 is 6.03. The van der Waals surface area contributed by atoms with Gasteiger partial charge in [-0.15, -0.1) is 0 Å². The summed E-state index contributed by atoms with van der Waals surface area (Å²) in [6, 6.07) is 12.1. The Balaban J connectivity index is 1.73. The van der Waals surface area contributed by atoms with Gasteiger partial charge in [-0.1, -0.05) is 17.7 Å². The first-order valence-electron chi connectivity index (χ1n) is 8.06. The molecule has 134 valence electrons. The van der Waals surface area contributed by atoms with Crippen LogP contribution in [0.2, 0.25) is 5.02 Å². The van der Waals surface area contributed by atoms with Crippen molar-refractivity contribution in [3.8, 4) is 0 Å². The molecule has 1 atom stereocenters. The Kier molecular flexibility index (Phi) is 5.22. The van der Waals surface area contributed by atoms with Gasteiger partial charge in [-0.3, -0.25) is 4.72 Å². The monoisotopic (exact) mass is 380 g/mol. The molecule has 1 N–H and O–H groups in total. The molecule has 0 saturated carbocycles. The van der Waals surface area contributed by atoms with E-state index < -0.39 is 10.0 Å². The molecule has 2 aromatic rings. The summed E-state index contributed by atoms with van der Waals surface area (Å²) in [4.78, 5) is 2.38. The van der Waals surface area contributed by atoms with Crippen molar-refractivity contribution in [2.45, 2.75) is 24.3 Å². The van der Waals surface area contributed by atoms with Gasteiger partial charge in [-0.2, -0.15) is 0 Å². The quantitative estimate of drug-likeness (QED) is 0.859. The van der Waals surface area contributed by atoms with E-state index in [1.807, 2.05) is 19.1 Å². The highest BCUT2D eigenvalue weighted by molar-refractivity contribution is 7.92. The molecule has 0 spiro atoms. The molecule has 5 nitrogen and oxygen atoms in total. The fourth-order valence-corrected chi connectivity index (χ4v) is 4.18. The number of nitrogens with one attached hydrogen (secondary N) is 1. The number of hydrogen-bond acceptors (Lipinski definition) is 4. The van der Waals surface area contributed by atoms with Crippen LogP contribution in [-0.4, -0.2) is 34.7 Å². The van der Waals surface area contributed by atoms with Gasteiger partial charge in [0, 0.05) is 36.6 Å². The smallest absolute Gasteiger partial charge is 0.261 e. The maximum Gasteiger partial charge on any atom is 0.261 e. The summed E-state index contributed by atoms with van der Waals surface area (Å²) in [5.74, 6) is 0. The molecular weight excluding hydrogens is 360 g/mol. The van der Waals surface area contributed by atoms with E-state index in [0.29, 0.717) is 10.7 Å². The molecule has 1 unspecified atom stereocenters. The van der Waals surface area contributed by atoms with Crippen LogP contribution in [0.3, 0.4) is 0 Å². The summed E-state index contributed by atoms with van der Waals surface area (Å²) < 4.78 is 32.9. The first-order valence-corrected chi connectivity index (χ1v) is 9.92. The van der Waals surface area contributed by atoms with Gasteiger partial charge < -0.3 is 9.64 Å². The number of nitrogens with zero attached hydrogens (tertiary/aromatic N) is 1. The molecule has 1 saturated heterocycles. The van der Waals surface area contributed by atoms with Crippen molar-refractivity contribution in [3.05, 3.63) is 53.1 Å². The Morgan fingerprint density at radius 3 is 2.52 bits per heavy atom. The second kappa shape index (κ2) is 7.23. The van der Waals surface area contributed by atoms with Gasteiger partial charge in [-0.05, 0) is 55.3 Å². The van der Waals surface area contributed by atoms with Crippen LogP contribution in [0.15, 0.2) is 47.4 Å². The summed E-state index contributed by atoms with van der Waals surface area (Å²) in [6.45, 7) is 3.62. The maximum atomic E-state index is 12.5. The minimum absolute atomic E-state index is 0.148. The van der Waals surface area contributed by atoms with E-state index in [9.17, 15) is 8.42 Å². The molecule has 0 bridgehead atoms. The van der Waals surface area contributed by atoms with Gasteiger partial charge in [0.15, 0.2) is 0 Å². The van der Waals surface area contributed by atoms with E-state index in [4.69, 9.17) is 16.3 Å². The van der Waals surface area contributed by atoms with Crippen molar-refractivity contribution in [2.75, 3.05) is 29.8 Å². The molecule has 1 aliphatic heterocycles. The maximum absolute atomic E-state index is 12.5. The van der Waals surface area contributed by atoms with E-state index in [1.165, 1.54) is 6.07 Å². The zero-order valence-corrected chi connectivity index (χ0v) is 15.8. The molecule has 3 rings (SSSR count). The van der Waals surface area contributed by atoms with Crippen LogP contribution in [0, 0.1) is 6.92 Å². The fraction of sp³-hybridized carbons (Fsp3) is 0.333. The first kappa shape index (κ1) is 18.0. The van der Waals surface area contributed by atoms with Crippen LogP contribution >= 0.6 is 11.6 Å². The molecule has 1 heterocycles. The SMILES string of the molecule is COC1CCN(c2ccc(NS(=O)(=O)c3ccc(C)c(Cl)c3)cc2)C1. The zero-order valence-electron chi connectivity index (χ0n) is 14.2. The fourth-order valence-electron chi connectivity index (χ4n) is 2.85. The van der Waals surface area contributed by atoms with Gasteiger partial charge in [0.25, 0.3) is 10.0 Å². The lowest BCUT2D eigenvalue weighted by Crippen LogP contribution is -2.22. The Hall–Kier alpha value is -1.76. The van der Waals surface area contributed by atoms with E-state index in [2.05, 4.69) is 9.62 Å². The first-order chi connectivity index (χ1) is 11.9. The average Bonchev–Trinajstić information content (AvgIpc) is 3.06. The van der Waals surface area contributed by atoms with Gasteiger partial charge in [0.1, 0.15) is 0 Å². The topological polar surface area (TPSA) is 58.6 Å². The standard InChI is InChI=1S/C18H21ClN2O3S/c1-13-3-8-17(11-18(13)19)25(22,23)20-14-4-6-15(7-5-14)21-10-9-16(12-21)24-2/h3-8,11,16,20H,9-10,12H2,1-2H3. The number of ether oxygens (including phenoxy) is 1. The summed E-state index contributed by atoms with van der Waals surface area (Å²) in [7, 11) is -1.94. The number of anilines is 2. The largest absolute Gasteiger partial charge is 0.380 e. The number of halogens is 1. The second-order valence-electron chi connectivity index (χ2n) is 6.16. The van der Waals surface area contributed by atoms with Crippen LogP contribution < -0.4 is 9.62 Å². The van der Waals surface area contributed by atoms with E-state index >= 15 is 0 Å². The van der Waals surface area contributed by atoms with Crippen molar-refractivity contribution >= 4 is 33.0 Å². The molecule has 1 fully saturated rings. The van der Waals surface area contributed by atoms with E-state index in [1.54, 1.807) is 31.4 Å². The number of benzene rings is 2. The summed E-state index contributed by atoms with van der Waals surface area (Å²) in [6.07, 6.45) is 1.25. The third-order valence-corrected chi connectivity index (χ3v) is 6.20. The van der Waals surface area contributed by atoms with Gasteiger partial charge in [-0.25, -0.2) is 8.42 Å². The minimum Gasteiger partial charge on any atom is -0.380 e. The molecule has 0 aliphatic carbocycles. The Bertz CT molecular complexity index is 853. The van der Waals surface area contributed by atoms with Crippen LogP contribution in [-0.2, 0) is 14.8 Å². The number of methoxy groups -OCH3 is 1. The van der Waals surface area contributed by atoms with E-state index in [-0.39, 0.29) is 11.0 Å². The molecule has 1 aliphatic rings. The molecule has 0 amide bonds. The van der Waals surface area contributed by atoms with Gasteiger partial charge in [0.2, 0.25) is 0 Å². The highest BCUT2D eigenvalue weighted by Gasteiger charge is 2.22. The van der Waals surface area contributed by atoms with Crippen LogP contribution in [0.5, 0.6) is 0 Å². The second-order valence-corrected chi connectivity index (χ2v) is 8.25. The molecule has 0 aromatic heterocycles. The number of rotatable bonds is 5. The van der Waals surface area contributed by atoms with Crippen molar-refractivity contribution in [2.24, 2.45) is 0 Å². The third kappa shape index (κ3) is 4.08. The van der Waals surface area contributed by atoms with Crippen molar-refractivity contribution < 1.29 is 13.2 Å². The molecule has 25 heavy (non-hydrogen) atoms. The Morgan fingerprint density at radius 1 is 1.20 bits per heavy atom. The van der Waals surface area contributed by atoms with Crippen LogP contribution in [0.25, 0.3) is 0 Å². The normalized spacial score (nSPS) is 17.7. The molecular formula is C18H21ClN2O3S. The molecule has 0 radical (unpaired) electrons. The van der Waals surface area contributed by atoms with E-state index in [0.717, 1.165) is 30.8 Å². The zero-order chi connectivity index (χ0) is 18.0. The minimum atomic E-state index is -3.67. The lowest BCUT2D eigenvalue weighted by Gasteiger charge is -2.19. The van der Waals surface area contributed by atoms with Crippen molar-refractivity contribution in [1.29, 1.82) is 0 Å². The molecule has 7 heteroatoms. The summed E-state index contributed by atoms with van der Waals surface area (Å²) in [5.41, 5.74) is 2.41. The van der Waals surface area contributed by atoms with Gasteiger partial charge >= 0.3 is 0 Å². The third-order valence-electron chi connectivity index (χ3n) is 4.42. The number of hydrogen-bond donors (Lipinski definition) is 1. The predicted molar refractivity (Wildman–Crippen MR) is 101 cm³/mol. The van der Waals surface area contributed by atoms with Crippen LogP contribution in [0.1, 0.15) is 12.0 Å².